The standard InChI is InChI=1S/C22H20N4O3/c1-25-17-10-6-5-9-16(17)19(20(27)22(25)29)21(28)24-13-18-23-11-12-26(18)14-15-7-3-2-4-8-15/h2-12,27H,13-14H2,1H3,(H,24,28). The summed E-state index contributed by atoms with van der Waals surface area (Å²) in [7, 11) is 1.56. The van der Waals surface area contributed by atoms with Crippen molar-refractivity contribution < 1.29 is 9.90 Å². The molecule has 146 valence electrons. The lowest BCUT2D eigenvalue weighted by Crippen LogP contribution is -2.28. The van der Waals surface area contributed by atoms with Crippen molar-refractivity contribution in [2.24, 2.45) is 7.05 Å². The molecule has 0 radical (unpaired) electrons. The molecule has 0 spiro atoms. The Balaban J connectivity index is 1.59. The molecule has 0 aliphatic heterocycles. The van der Waals surface area contributed by atoms with Crippen molar-refractivity contribution in [1.29, 1.82) is 0 Å². The highest BCUT2D eigenvalue weighted by molar-refractivity contribution is 6.08. The largest absolute Gasteiger partial charge is 0.502 e. The van der Waals surface area contributed by atoms with E-state index in [1.165, 1.54) is 4.57 Å². The minimum atomic E-state index is -0.612. The summed E-state index contributed by atoms with van der Waals surface area (Å²) >= 11 is 0. The molecule has 7 nitrogen and oxygen atoms in total. The molecule has 0 atom stereocenters. The molecule has 4 aromatic rings. The van der Waals surface area contributed by atoms with Gasteiger partial charge in [0, 0.05) is 31.4 Å². The number of aromatic hydroxyl groups is 1. The molecule has 2 N–H and O–H groups in total. The smallest absolute Gasteiger partial charge is 0.293 e. The maximum Gasteiger partial charge on any atom is 0.293 e. The summed E-state index contributed by atoms with van der Waals surface area (Å²) in [5.74, 6) is -0.406. The molecule has 1 amide bonds. The van der Waals surface area contributed by atoms with Gasteiger partial charge < -0.3 is 19.6 Å². The van der Waals surface area contributed by atoms with E-state index in [1.807, 2.05) is 41.1 Å². The number of carbonyl (C=O) groups excluding carboxylic acids is 1. The van der Waals surface area contributed by atoms with Gasteiger partial charge in [0.1, 0.15) is 5.82 Å². The molecule has 2 aromatic heterocycles. The first-order valence-corrected chi connectivity index (χ1v) is 9.19. The van der Waals surface area contributed by atoms with Gasteiger partial charge in [-0.1, -0.05) is 48.5 Å². The number of fused-ring (bicyclic) bond motifs is 1. The van der Waals surface area contributed by atoms with Crippen LogP contribution in [-0.2, 0) is 20.1 Å². The Morgan fingerprint density at radius 2 is 1.83 bits per heavy atom. The molecule has 2 heterocycles. The Labute approximate surface area is 166 Å². The average Bonchev–Trinajstić information content (AvgIpc) is 3.18. The van der Waals surface area contributed by atoms with E-state index in [1.54, 1.807) is 37.5 Å². The van der Waals surface area contributed by atoms with Crippen molar-refractivity contribution >= 4 is 16.8 Å². The van der Waals surface area contributed by atoms with Gasteiger partial charge in [0.2, 0.25) is 0 Å². The van der Waals surface area contributed by atoms with Gasteiger partial charge in [-0.2, -0.15) is 0 Å². The molecule has 0 unspecified atom stereocenters. The van der Waals surface area contributed by atoms with Gasteiger partial charge in [0.25, 0.3) is 11.5 Å². The molecule has 0 bridgehead atoms. The lowest BCUT2D eigenvalue weighted by Gasteiger charge is -2.13. The van der Waals surface area contributed by atoms with Gasteiger partial charge in [0.15, 0.2) is 5.75 Å². The maximum absolute atomic E-state index is 12.9. The predicted octanol–water partition coefficient (Wildman–Crippen LogP) is 2.42. The van der Waals surface area contributed by atoms with Crippen LogP contribution in [0, 0.1) is 0 Å². The number of aryl methyl sites for hydroxylation is 1. The van der Waals surface area contributed by atoms with Crippen LogP contribution in [0.5, 0.6) is 5.75 Å². The molecule has 0 aliphatic carbocycles. The first kappa shape index (κ1) is 18.5. The molecule has 29 heavy (non-hydrogen) atoms. The summed E-state index contributed by atoms with van der Waals surface area (Å²) in [5, 5.41) is 13.6. The minimum Gasteiger partial charge on any atom is -0.502 e. The zero-order chi connectivity index (χ0) is 20.4. The van der Waals surface area contributed by atoms with Gasteiger partial charge in [0.05, 0.1) is 17.6 Å². The molecule has 0 saturated heterocycles. The number of nitrogens with zero attached hydrogens (tertiary/aromatic N) is 3. The second kappa shape index (κ2) is 7.63. The topological polar surface area (TPSA) is 89.2 Å². The van der Waals surface area contributed by atoms with Gasteiger partial charge in [-0.05, 0) is 11.6 Å². The fourth-order valence-electron chi connectivity index (χ4n) is 3.39. The lowest BCUT2D eigenvalue weighted by molar-refractivity contribution is 0.0948. The van der Waals surface area contributed by atoms with Gasteiger partial charge in [-0.25, -0.2) is 4.98 Å². The van der Waals surface area contributed by atoms with E-state index in [2.05, 4.69) is 10.3 Å². The van der Waals surface area contributed by atoms with Crippen LogP contribution >= 0.6 is 0 Å². The van der Waals surface area contributed by atoms with E-state index < -0.39 is 17.2 Å². The molecular weight excluding hydrogens is 368 g/mol. The number of aromatic nitrogens is 3. The van der Waals surface area contributed by atoms with E-state index in [4.69, 9.17) is 0 Å². The number of pyridine rings is 1. The zero-order valence-electron chi connectivity index (χ0n) is 15.9. The van der Waals surface area contributed by atoms with Crippen molar-refractivity contribution in [3.05, 3.63) is 94.3 Å². The molecule has 4 rings (SSSR count). The van der Waals surface area contributed by atoms with Crippen LogP contribution in [0.1, 0.15) is 21.7 Å². The quantitative estimate of drug-likeness (QED) is 0.550. The Morgan fingerprint density at radius 3 is 2.62 bits per heavy atom. The highest BCUT2D eigenvalue weighted by Gasteiger charge is 2.20. The second-order valence-corrected chi connectivity index (χ2v) is 6.74. The van der Waals surface area contributed by atoms with E-state index in [0.29, 0.717) is 23.3 Å². The molecule has 7 heteroatoms. The van der Waals surface area contributed by atoms with Gasteiger partial charge in [-0.3, -0.25) is 9.59 Å². The Morgan fingerprint density at radius 1 is 1.10 bits per heavy atom. The van der Waals surface area contributed by atoms with Crippen LogP contribution in [0.2, 0.25) is 0 Å². The number of nitrogens with one attached hydrogen (secondary N) is 1. The van der Waals surface area contributed by atoms with Crippen LogP contribution in [0.3, 0.4) is 0 Å². The number of rotatable bonds is 5. The number of hydrogen-bond donors (Lipinski definition) is 2. The van der Waals surface area contributed by atoms with Crippen LogP contribution in [0.15, 0.2) is 71.8 Å². The van der Waals surface area contributed by atoms with Gasteiger partial charge in [-0.15, -0.1) is 0 Å². The van der Waals surface area contributed by atoms with Crippen molar-refractivity contribution in [3.63, 3.8) is 0 Å². The molecule has 0 aliphatic rings. The number of hydrogen-bond acceptors (Lipinski definition) is 4. The summed E-state index contributed by atoms with van der Waals surface area (Å²) in [6, 6.07) is 16.9. The van der Waals surface area contributed by atoms with E-state index in [0.717, 1.165) is 5.56 Å². The van der Waals surface area contributed by atoms with Crippen LogP contribution in [0.4, 0.5) is 0 Å². The van der Waals surface area contributed by atoms with Crippen molar-refractivity contribution in [1.82, 2.24) is 19.4 Å². The highest BCUT2D eigenvalue weighted by Crippen LogP contribution is 2.23. The highest BCUT2D eigenvalue weighted by atomic mass is 16.3. The maximum atomic E-state index is 12.9. The fraction of sp³-hybridized carbons (Fsp3) is 0.136. The lowest BCUT2D eigenvalue weighted by atomic mass is 10.1. The Kier molecular flexibility index (Phi) is 4.87. The summed E-state index contributed by atoms with van der Waals surface area (Å²) < 4.78 is 3.27. The fourth-order valence-corrected chi connectivity index (χ4v) is 3.39. The van der Waals surface area contributed by atoms with E-state index in [-0.39, 0.29) is 12.1 Å². The van der Waals surface area contributed by atoms with Crippen molar-refractivity contribution in [2.75, 3.05) is 0 Å². The normalized spacial score (nSPS) is 10.9. The Hall–Kier alpha value is -3.87. The van der Waals surface area contributed by atoms with E-state index >= 15 is 0 Å². The monoisotopic (exact) mass is 388 g/mol. The van der Waals surface area contributed by atoms with E-state index in [9.17, 15) is 14.7 Å². The third-order valence-corrected chi connectivity index (χ3v) is 4.91. The van der Waals surface area contributed by atoms with Crippen LogP contribution in [0.25, 0.3) is 10.9 Å². The predicted molar refractivity (Wildman–Crippen MR) is 110 cm³/mol. The van der Waals surface area contributed by atoms with Crippen LogP contribution < -0.4 is 10.9 Å². The summed E-state index contributed by atoms with van der Waals surface area (Å²) in [6.45, 7) is 0.799. The Bertz CT molecular complexity index is 1240. The van der Waals surface area contributed by atoms with Crippen LogP contribution in [-0.4, -0.2) is 25.1 Å². The number of para-hydroxylation sites is 1. The first-order chi connectivity index (χ1) is 14.1. The third-order valence-electron chi connectivity index (χ3n) is 4.91. The number of amides is 1. The first-order valence-electron chi connectivity index (χ1n) is 9.19. The summed E-state index contributed by atoms with van der Waals surface area (Å²) in [6.07, 6.45) is 3.52. The zero-order valence-corrected chi connectivity index (χ0v) is 15.9. The molecule has 2 aromatic carbocycles. The molecule has 0 fully saturated rings. The van der Waals surface area contributed by atoms with Crippen molar-refractivity contribution in [2.45, 2.75) is 13.1 Å². The second-order valence-electron chi connectivity index (χ2n) is 6.74. The summed E-state index contributed by atoms with van der Waals surface area (Å²) in [5.41, 5.74) is 1.06. The third kappa shape index (κ3) is 3.50. The average molecular weight is 388 g/mol. The number of imidazole rings is 1. The number of benzene rings is 2. The number of carbonyl (C=O) groups is 1. The minimum absolute atomic E-state index is 0.0233. The van der Waals surface area contributed by atoms with Crippen molar-refractivity contribution in [3.8, 4) is 5.75 Å². The molecular formula is C22H20N4O3. The van der Waals surface area contributed by atoms with Gasteiger partial charge >= 0.3 is 0 Å². The molecule has 0 saturated carbocycles. The SMILES string of the molecule is Cn1c(=O)c(O)c(C(=O)NCc2nccn2Cc2ccccc2)c2ccccc21. The summed E-state index contributed by atoms with van der Waals surface area (Å²) in [4.78, 5) is 29.5.